The highest BCUT2D eigenvalue weighted by atomic mass is 16.6. The summed E-state index contributed by atoms with van der Waals surface area (Å²) in [6.07, 6.45) is 3.82. The van der Waals surface area contributed by atoms with Crippen LogP contribution in [0.4, 0.5) is 10.5 Å². The first-order valence-electron chi connectivity index (χ1n) is 7.07. The maximum absolute atomic E-state index is 11.4. The number of alkyl carbamates (subject to hydrolysis) is 1. The van der Waals surface area contributed by atoms with Gasteiger partial charge in [-0.15, -0.1) is 0 Å². The fourth-order valence-electron chi connectivity index (χ4n) is 1.78. The van der Waals surface area contributed by atoms with E-state index in [1.807, 2.05) is 19.1 Å². The number of nitrogens with zero attached hydrogens (tertiary/aromatic N) is 1. The first-order valence-corrected chi connectivity index (χ1v) is 7.07. The van der Waals surface area contributed by atoms with Crippen LogP contribution in [-0.2, 0) is 4.74 Å². The van der Waals surface area contributed by atoms with Gasteiger partial charge in [0.15, 0.2) is 0 Å². The Morgan fingerprint density at radius 1 is 1.36 bits per heavy atom. The lowest BCUT2D eigenvalue weighted by Gasteiger charge is -2.19. The lowest BCUT2D eigenvalue weighted by molar-refractivity contribution is -0.384. The molecule has 1 rings (SSSR count). The van der Waals surface area contributed by atoms with E-state index in [9.17, 15) is 14.9 Å². The molecule has 1 aromatic rings. The van der Waals surface area contributed by atoms with Crippen LogP contribution >= 0.6 is 0 Å². The van der Waals surface area contributed by atoms with Crippen molar-refractivity contribution >= 4 is 17.9 Å². The molecule has 22 heavy (non-hydrogen) atoms. The van der Waals surface area contributed by atoms with Crippen molar-refractivity contribution in [1.82, 2.24) is 5.32 Å². The standard InChI is InChI=1S/C16H22N2O4/c1-12-9-13(11-14(10-12)18(20)21)7-5-6-8-17-15(19)22-16(2,3)4/h5,7,9-11H,6,8H2,1-4H3,(H,17,19). The number of carbonyl (C=O) groups is 1. The third-order valence-corrected chi connectivity index (χ3v) is 2.58. The first kappa shape index (κ1) is 17.7. The van der Waals surface area contributed by atoms with Gasteiger partial charge in [-0.05, 0) is 45.2 Å². The van der Waals surface area contributed by atoms with E-state index in [4.69, 9.17) is 4.74 Å². The smallest absolute Gasteiger partial charge is 0.407 e. The zero-order valence-electron chi connectivity index (χ0n) is 13.4. The van der Waals surface area contributed by atoms with E-state index in [1.54, 1.807) is 26.8 Å². The van der Waals surface area contributed by atoms with Crippen molar-refractivity contribution in [3.63, 3.8) is 0 Å². The molecule has 0 saturated heterocycles. The molecule has 0 atom stereocenters. The van der Waals surface area contributed by atoms with Gasteiger partial charge >= 0.3 is 6.09 Å². The van der Waals surface area contributed by atoms with Crippen molar-refractivity contribution in [2.45, 2.75) is 39.7 Å². The highest BCUT2D eigenvalue weighted by Crippen LogP contribution is 2.17. The maximum atomic E-state index is 11.4. The summed E-state index contributed by atoms with van der Waals surface area (Å²) >= 11 is 0. The molecule has 0 aromatic heterocycles. The average Bonchev–Trinajstić information content (AvgIpc) is 2.35. The van der Waals surface area contributed by atoms with Gasteiger partial charge in [0, 0.05) is 18.7 Å². The molecule has 0 aliphatic rings. The Bertz CT molecular complexity index is 574. The van der Waals surface area contributed by atoms with Gasteiger partial charge in [0.2, 0.25) is 0 Å². The highest BCUT2D eigenvalue weighted by molar-refractivity contribution is 5.67. The number of rotatable bonds is 5. The Hall–Kier alpha value is -2.37. The monoisotopic (exact) mass is 306 g/mol. The summed E-state index contributed by atoms with van der Waals surface area (Å²) in [7, 11) is 0. The molecular weight excluding hydrogens is 284 g/mol. The van der Waals surface area contributed by atoms with E-state index in [1.165, 1.54) is 12.1 Å². The molecule has 1 amide bonds. The van der Waals surface area contributed by atoms with Gasteiger partial charge in [-0.3, -0.25) is 10.1 Å². The largest absolute Gasteiger partial charge is 0.444 e. The van der Waals surface area contributed by atoms with Crippen LogP contribution in [0.15, 0.2) is 24.3 Å². The van der Waals surface area contributed by atoms with Gasteiger partial charge in [-0.2, -0.15) is 0 Å². The average molecular weight is 306 g/mol. The van der Waals surface area contributed by atoms with E-state index in [0.717, 1.165) is 11.1 Å². The molecule has 0 radical (unpaired) electrons. The summed E-state index contributed by atoms with van der Waals surface area (Å²) in [5, 5.41) is 13.4. The van der Waals surface area contributed by atoms with Crippen molar-refractivity contribution in [1.29, 1.82) is 0 Å². The van der Waals surface area contributed by atoms with Crippen molar-refractivity contribution < 1.29 is 14.5 Å². The second-order valence-corrected chi connectivity index (χ2v) is 5.98. The predicted octanol–water partition coefficient (Wildman–Crippen LogP) is 3.83. The molecule has 6 heteroatoms. The Kier molecular flexibility index (Phi) is 6.10. The van der Waals surface area contributed by atoms with E-state index in [2.05, 4.69) is 5.32 Å². The van der Waals surface area contributed by atoms with Gasteiger partial charge in [-0.1, -0.05) is 18.2 Å². The summed E-state index contributed by atoms with van der Waals surface area (Å²) in [5.41, 5.74) is 1.16. The first-order chi connectivity index (χ1) is 10.2. The molecule has 0 unspecified atom stereocenters. The number of nitro benzene ring substituents is 1. The van der Waals surface area contributed by atoms with Crippen molar-refractivity contribution in [2.75, 3.05) is 6.54 Å². The topological polar surface area (TPSA) is 81.5 Å². The number of aryl methyl sites for hydroxylation is 1. The highest BCUT2D eigenvalue weighted by Gasteiger charge is 2.15. The van der Waals surface area contributed by atoms with Gasteiger partial charge in [0.25, 0.3) is 5.69 Å². The van der Waals surface area contributed by atoms with Gasteiger partial charge < -0.3 is 10.1 Å². The number of ether oxygens (including phenoxy) is 1. The molecule has 0 bridgehead atoms. The minimum atomic E-state index is -0.513. The van der Waals surface area contributed by atoms with Gasteiger partial charge in [-0.25, -0.2) is 4.79 Å². The Morgan fingerprint density at radius 2 is 2.05 bits per heavy atom. The summed E-state index contributed by atoms with van der Waals surface area (Å²) in [4.78, 5) is 21.8. The van der Waals surface area contributed by atoms with Crippen LogP contribution in [0.25, 0.3) is 6.08 Å². The Morgan fingerprint density at radius 3 is 2.64 bits per heavy atom. The normalized spacial score (nSPS) is 11.5. The second kappa shape index (κ2) is 7.59. The number of hydrogen-bond donors (Lipinski definition) is 1. The quantitative estimate of drug-likeness (QED) is 0.509. The van der Waals surface area contributed by atoms with Crippen LogP contribution in [0.5, 0.6) is 0 Å². The Balaban J connectivity index is 2.47. The summed E-state index contributed by atoms with van der Waals surface area (Å²) in [5.74, 6) is 0. The van der Waals surface area contributed by atoms with Crippen molar-refractivity contribution in [3.8, 4) is 0 Å². The van der Waals surface area contributed by atoms with E-state index < -0.39 is 16.6 Å². The minimum absolute atomic E-state index is 0.0755. The lowest BCUT2D eigenvalue weighted by atomic mass is 10.1. The van der Waals surface area contributed by atoms with Crippen LogP contribution in [0, 0.1) is 17.0 Å². The molecule has 0 fully saturated rings. The summed E-state index contributed by atoms with van der Waals surface area (Å²) in [6, 6.07) is 4.91. The van der Waals surface area contributed by atoms with Crippen LogP contribution in [0.3, 0.4) is 0 Å². The SMILES string of the molecule is Cc1cc(C=CCCNC(=O)OC(C)(C)C)cc([N+](=O)[O-])c1. The third kappa shape index (κ3) is 6.88. The number of nitrogens with one attached hydrogen (secondary N) is 1. The number of carbonyl (C=O) groups excluding carboxylic acids is 1. The molecule has 0 heterocycles. The number of nitro groups is 1. The zero-order valence-corrected chi connectivity index (χ0v) is 13.4. The fourth-order valence-corrected chi connectivity index (χ4v) is 1.78. The molecule has 1 aromatic carbocycles. The number of hydrogen-bond acceptors (Lipinski definition) is 4. The molecule has 120 valence electrons. The molecule has 1 N–H and O–H groups in total. The molecular formula is C16H22N2O4. The molecule has 0 aliphatic heterocycles. The number of benzene rings is 1. The minimum Gasteiger partial charge on any atom is -0.444 e. The van der Waals surface area contributed by atoms with Crippen LogP contribution in [-0.4, -0.2) is 23.2 Å². The lowest BCUT2D eigenvalue weighted by Crippen LogP contribution is -2.32. The third-order valence-electron chi connectivity index (χ3n) is 2.58. The van der Waals surface area contributed by atoms with E-state index in [0.29, 0.717) is 13.0 Å². The van der Waals surface area contributed by atoms with Gasteiger partial charge in [0.1, 0.15) is 5.60 Å². The number of amides is 1. The van der Waals surface area contributed by atoms with E-state index in [-0.39, 0.29) is 5.69 Å². The fraction of sp³-hybridized carbons (Fsp3) is 0.438. The summed E-state index contributed by atoms with van der Waals surface area (Å²) < 4.78 is 5.11. The summed E-state index contributed by atoms with van der Waals surface area (Å²) in [6.45, 7) is 7.67. The number of non-ortho nitro benzene ring substituents is 1. The molecule has 0 saturated carbocycles. The molecule has 6 nitrogen and oxygen atoms in total. The maximum Gasteiger partial charge on any atom is 0.407 e. The van der Waals surface area contributed by atoms with E-state index >= 15 is 0 Å². The predicted molar refractivity (Wildman–Crippen MR) is 85.7 cm³/mol. The molecule has 0 spiro atoms. The molecule has 0 aliphatic carbocycles. The van der Waals surface area contributed by atoms with Crippen molar-refractivity contribution in [3.05, 3.63) is 45.5 Å². The van der Waals surface area contributed by atoms with Crippen LogP contribution in [0.2, 0.25) is 0 Å². The second-order valence-electron chi connectivity index (χ2n) is 5.98. The Labute approximate surface area is 130 Å². The van der Waals surface area contributed by atoms with Gasteiger partial charge in [0.05, 0.1) is 4.92 Å². The van der Waals surface area contributed by atoms with Crippen LogP contribution in [0.1, 0.15) is 38.3 Å². The van der Waals surface area contributed by atoms with Crippen LogP contribution < -0.4 is 5.32 Å². The van der Waals surface area contributed by atoms with Crippen molar-refractivity contribution in [2.24, 2.45) is 0 Å². The zero-order chi connectivity index (χ0) is 16.8.